The van der Waals surface area contributed by atoms with E-state index in [0.717, 1.165) is 10.4 Å². The van der Waals surface area contributed by atoms with Crippen molar-refractivity contribution in [2.45, 2.75) is 32.7 Å². The molecule has 0 aromatic carbocycles. The lowest BCUT2D eigenvalue weighted by Crippen LogP contribution is -2.53. The molecule has 0 spiro atoms. The largest absolute Gasteiger partial charge is 0.480 e. The third kappa shape index (κ3) is 3.39. The van der Waals surface area contributed by atoms with E-state index in [1.807, 2.05) is 13.8 Å². The number of nitrogens with zero attached hydrogens (tertiary/aromatic N) is 2. The van der Waals surface area contributed by atoms with Crippen LogP contribution >= 0.6 is 11.3 Å². The van der Waals surface area contributed by atoms with Gasteiger partial charge in [-0.2, -0.15) is 0 Å². The molecule has 6 nitrogen and oxygen atoms in total. The first-order chi connectivity index (χ1) is 10.7. The molecule has 2 atom stereocenters. The van der Waals surface area contributed by atoms with Crippen molar-refractivity contribution in [3.63, 3.8) is 0 Å². The molecule has 0 aliphatic carbocycles. The van der Waals surface area contributed by atoms with E-state index in [1.54, 1.807) is 19.5 Å². The second-order valence-corrected chi connectivity index (χ2v) is 7.23. The van der Waals surface area contributed by atoms with Crippen LogP contribution in [0.1, 0.15) is 33.6 Å². The molecule has 0 radical (unpaired) electrons. The molecule has 126 valence electrons. The Labute approximate surface area is 139 Å². The average Bonchev–Trinajstić information content (AvgIpc) is 2.84. The van der Waals surface area contributed by atoms with Crippen LogP contribution in [0.15, 0.2) is 5.38 Å². The van der Waals surface area contributed by atoms with Gasteiger partial charge < -0.3 is 14.9 Å². The normalized spacial score (nSPS) is 21.1. The van der Waals surface area contributed by atoms with Gasteiger partial charge in [-0.3, -0.25) is 9.59 Å². The number of likely N-dealkylation sites (tertiary alicyclic amines) is 1. The lowest BCUT2D eigenvalue weighted by Gasteiger charge is -2.37. The van der Waals surface area contributed by atoms with Gasteiger partial charge in [-0.05, 0) is 32.3 Å². The molecule has 1 aromatic rings. The molecule has 1 aliphatic rings. The molecule has 2 amide bonds. The zero-order chi connectivity index (χ0) is 17.3. The zero-order valence-corrected chi connectivity index (χ0v) is 14.6. The Morgan fingerprint density at radius 1 is 1.26 bits per heavy atom. The average molecular weight is 338 g/mol. The van der Waals surface area contributed by atoms with E-state index in [9.17, 15) is 19.5 Å². The summed E-state index contributed by atoms with van der Waals surface area (Å²) in [6, 6.07) is -0.867. The number of aryl methyl sites for hydroxylation is 1. The highest BCUT2D eigenvalue weighted by Gasteiger charge is 2.39. The first kappa shape index (κ1) is 17.5. The number of piperidine rings is 1. The molecule has 2 unspecified atom stereocenters. The van der Waals surface area contributed by atoms with Gasteiger partial charge in [-0.15, -0.1) is 11.3 Å². The van der Waals surface area contributed by atoms with E-state index in [0.29, 0.717) is 18.4 Å². The topological polar surface area (TPSA) is 77.9 Å². The highest BCUT2D eigenvalue weighted by atomic mass is 32.1. The van der Waals surface area contributed by atoms with Gasteiger partial charge in [0.2, 0.25) is 5.91 Å². The van der Waals surface area contributed by atoms with Crippen molar-refractivity contribution in [1.29, 1.82) is 0 Å². The number of carbonyl (C=O) groups is 3. The SMILES string of the molecule is Cc1scc(C(=O)N2CC(C(=O)N(C)C)CCC2C(=O)O)c1C. The Morgan fingerprint density at radius 3 is 2.39 bits per heavy atom. The van der Waals surface area contributed by atoms with Gasteiger partial charge in [-0.1, -0.05) is 0 Å². The molecule has 2 rings (SSSR count). The van der Waals surface area contributed by atoms with Gasteiger partial charge in [0, 0.05) is 30.9 Å². The summed E-state index contributed by atoms with van der Waals surface area (Å²) < 4.78 is 0. The van der Waals surface area contributed by atoms with Crippen LogP contribution in [-0.4, -0.2) is 59.4 Å². The molecule has 1 saturated heterocycles. The standard InChI is InChI=1S/C16H22N2O4S/c1-9-10(2)23-8-12(9)15(20)18-7-11(14(19)17(3)4)5-6-13(18)16(21)22/h8,11,13H,5-7H2,1-4H3,(H,21,22). The summed E-state index contributed by atoms with van der Waals surface area (Å²) >= 11 is 1.47. The molecule has 1 fully saturated rings. The molecule has 1 N–H and O–H groups in total. The van der Waals surface area contributed by atoms with Crippen LogP contribution in [0.25, 0.3) is 0 Å². The minimum atomic E-state index is -1.02. The summed E-state index contributed by atoms with van der Waals surface area (Å²) in [6.45, 7) is 3.95. The first-order valence-electron chi connectivity index (χ1n) is 7.53. The molecule has 7 heteroatoms. The summed E-state index contributed by atoms with van der Waals surface area (Å²) in [6.07, 6.45) is 0.785. The quantitative estimate of drug-likeness (QED) is 0.911. The van der Waals surface area contributed by atoms with Crippen LogP contribution in [0.4, 0.5) is 0 Å². The number of rotatable bonds is 3. The van der Waals surface area contributed by atoms with E-state index in [4.69, 9.17) is 0 Å². The van der Waals surface area contributed by atoms with Crippen molar-refractivity contribution in [2.24, 2.45) is 5.92 Å². The fourth-order valence-electron chi connectivity index (χ4n) is 2.90. The Bertz CT molecular complexity index is 638. The second-order valence-electron chi connectivity index (χ2n) is 6.15. The highest BCUT2D eigenvalue weighted by Crippen LogP contribution is 2.28. The number of hydrogen-bond donors (Lipinski definition) is 1. The molecule has 23 heavy (non-hydrogen) atoms. The van der Waals surface area contributed by atoms with Gasteiger partial charge in [0.1, 0.15) is 6.04 Å². The molecular formula is C16H22N2O4S. The summed E-state index contributed by atoms with van der Waals surface area (Å²) in [4.78, 5) is 40.4. The van der Waals surface area contributed by atoms with E-state index >= 15 is 0 Å². The van der Waals surface area contributed by atoms with E-state index in [-0.39, 0.29) is 24.3 Å². The number of carboxylic acids is 1. The van der Waals surface area contributed by atoms with Crippen molar-refractivity contribution in [3.8, 4) is 0 Å². The van der Waals surface area contributed by atoms with Crippen molar-refractivity contribution >= 4 is 29.1 Å². The summed E-state index contributed by atoms with van der Waals surface area (Å²) in [5, 5.41) is 11.2. The maximum atomic E-state index is 12.8. The third-order valence-corrected chi connectivity index (χ3v) is 5.45. The lowest BCUT2D eigenvalue weighted by molar-refractivity contribution is -0.146. The van der Waals surface area contributed by atoms with E-state index in [2.05, 4.69) is 0 Å². The van der Waals surface area contributed by atoms with Gasteiger partial charge in [-0.25, -0.2) is 4.79 Å². The second kappa shape index (κ2) is 6.70. The first-order valence-corrected chi connectivity index (χ1v) is 8.41. The van der Waals surface area contributed by atoms with E-state index in [1.165, 1.54) is 21.1 Å². The van der Waals surface area contributed by atoms with Gasteiger partial charge >= 0.3 is 5.97 Å². The predicted octanol–water partition coefficient (Wildman–Crippen LogP) is 1.76. The van der Waals surface area contributed by atoms with Crippen molar-refractivity contribution in [3.05, 3.63) is 21.4 Å². The number of amides is 2. The number of aliphatic carboxylic acids is 1. The highest BCUT2D eigenvalue weighted by molar-refractivity contribution is 7.10. The monoisotopic (exact) mass is 338 g/mol. The number of thiophene rings is 1. The number of carboxylic acid groups (broad SMARTS) is 1. The Morgan fingerprint density at radius 2 is 1.91 bits per heavy atom. The van der Waals surface area contributed by atoms with Crippen LogP contribution in [0.3, 0.4) is 0 Å². The van der Waals surface area contributed by atoms with Crippen LogP contribution < -0.4 is 0 Å². The molecule has 0 bridgehead atoms. The molecule has 1 aliphatic heterocycles. The summed E-state index contributed by atoms with van der Waals surface area (Å²) in [7, 11) is 3.34. The Hall–Kier alpha value is -1.89. The number of carbonyl (C=O) groups excluding carboxylic acids is 2. The minimum Gasteiger partial charge on any atom is -0.480 e. The maximum absolute atomic E-state index is 12.8. The van der Waals surface area contributed by atoms with Crippen LogP contribution in [0, 0.1) is 19.8 Å². The third-order valence-electron chi connectivity index (χ3n) is 4.43. The zero-order valence-electron chi connectivity index (χ0n) is 13.8. The molecular weight excluding hydrogens is 316 g/mol. The predicted molar refractivity (Wildman–Crippen MR) is 87.7 cm³/mol. The Kier molecular flexibility index (Phi) is 5.09. The van der Waals surface area contributed by atoms with Crippen LogP contribution in [0.5, 0.6) is 0 Å². The fourth-order valence-corrected chi connectivity index (χ4v) is 3.76. The number of hydrogen-bond acceptors (Lipinski definition) is 4. The van der Waals surface area contributed by atoms with Crippen molar-refractivity contribution in [2.75, 3.05) is 20.6 Å². The molecule has 1 aromatic heterocycles. The van der Waals surface area contributed by atoms with E-state index < -0.39 is 12.0 Å². The summed E-state index contributed by atoms with van der Waals surface area (Å²) in [5.74, 6) is -1.72. The summed E-state index contributed by atoms with van der Waals surface area (Å²) in [5.41, 5.74) is 1.42. The fraction of sp³-hybridized carbons (Fsp3) is 0.562. The van der Waals surface area contributed by atoms with Crippen molar-refractivity contribution in [1.82, 2.24) is 9.80 Å². The van der Waals surface area contributed by atoms with Gasteiger partial charge in [0.05, 0.1) is 11.5 Å². The maximum Gasteiger partial charge on any atom is 0.326 e. The van der Waals surface area contributed by atoms with Crippen molar-refractivity contribution < 1.29 is 19.5 Å². The smallest absolute Gasteiger partial charge is 0.326 e. The minimum absolute atomic E-state index is 0.0649. The van der Waals surface area contributed by atoms with Gasteiger partial charge in [0.15, 0.2) is 0 Å². The lowest BCUT2D eigenvalue weighted by atomic mass is 9.91. The molecule has 0 saturated carbocycles. The van der Waals surface area contributed by atoms with Gasteiger partial charge in [0.25, 0.3) is 5.91 Å². The van der Waals surface area contributed by atoms with Crippen LogP contribution in [0.2, 0.25) is 0 Å². The molecule has 2 heterocycles. The Balaban J connectivity index is 2.29. The van der Waals surface area contributed by atoms with Crippen LogP contribution in [-0.2, 0) is 9.59 Å².